The fraction of sp³-hybridized carbons (Fsp3) is 0.600. The van der Waals surface area contributed by atoms with E-state index in [1.807, 2.05) is 0 Å². The molecule has 0 aliphatic rings. The van der Waals surface area contributed by atoms with Crippen LogP contribution in [0.1, 0.15) is 19.8 Å². The van der Waals surface area contributed by atoms with Crippen LogP contribution in [-0.4, -0.2) is 42.6 Å². The number of rotatable bonds is 10. The fourth-order valence-corrected chi connectivity index (χ4v) is 1.87. The Morgan fingerprint density at radius 3 is 2.55 bits per heavy atom. The van der Waals surface area contributed by atoms with Crippen LogP contribution in [-0.2, 0) is 0 Å². The SMILES string of the molecule is CCC(CCO)CNCC(O)COc1ccc(F)cc1. The minimum Gasteiger partial charge on any atom is -0.491 e. The van der Waals surface area contributed by atoms with E-state index in [9.17, 15) is 9.50 Å². The van der Waals surface area contributed by atoms with Crippen molar-refractivity contribution in [1.82, 2.24) is 5.32 Å². The zero-order valence-corrected chi connectivity index (χ0v) is 11.9. The zero-order chi connectivity index (χ0) is 14.8. The number of aliphatic hydroxyl groups excluding tert-OH is 2. The quantitative estimate of drug-likeness (QED) is 0.610. The fourth-order valence-electron chi connectivity index (χ4n) is 1.87. The van der Waals surface area contributed by atoms with Gasteiger partial charge in [-0.2, -0.15) is 0 Å². The highest BCUT2D eigenvalue weighted by atomic mass is 19.1. The van der Waals surface area contributed by atoms with Crippen molar-refractivity contribution in [3.05, 3.63) is 30.1 Å². The van der Waals surface area contributed by atoms with Crippen LogP contribution in [0.25, 0.3) is 0 Å². The summed E-state index contributed by atoms with van der Waals surface area (Å²) in [4.78, 5) is 0. The van der Waals surface area contributed by atoms with Gasteiger partial charge in [0.05, 0.1) is 0 Å². The first kappa shape index (κ1) is 16.9. The molecule has 1 rings (SSSR count). The molecule has 2 atom stereocenters. The molecule has 20 heavy (non-hydrogen) atoms. The van der Waals surface area contributed by atoms with Crippen LogP contribution < -0.4 is 10.1 Å². The van der Waals surface area contributed by atoms with Crippen molar-refractivity contribution in [3.8, 4) is 5.75 Å². The number of ether oxygens (including phenoxy) is 1. The average molecular weight is 285 g/mol. The molecule has 0 aromatic heterocycles. The molecule has 5 heteroatoms. The number of halogens is 1. The van der Waals surface area contributed by atoms with Crippen molar-refractivity contribution in [2.75, 3.05) is 26.3 Å². The molecule has 114 valence electrons. The van der Waals surface area contributed by atoms with Gasteiger partial charge in [0.15, 0.2) is 0 Å². The van der Waals surface area contributed by atoms with Crippen LogP contribution in [0.5, 0.6) is 5.75 Å². The van der Waals surface area contributed by atoms with E-state index in [2.05, 4.69) is 12.2 Å². The van der Waals surface area contributed by atoms with Crippen molar-refractivity contribution < 1.29 is 19.3 Å². The van der Waals surface area contributed by atoms with E-state index in [0.29, 0.717) is 18.2 Å². The molecule has 0 bridgehead atoms. The van der Waals surface area contributed by atoms with Gasteiger partial charge in [0.2, 0.25) is 0 Å². The molecule has 0 amide bonds. The van der Waals surface area contributed by atoms with Gasteiger partial charge in [-0.1, -0.05) is 13.3 Å². The third kappa shape index (κ3) is 6.84. The largest absolute Gasteiger partial charge is 0.491 e. The first-order valence-corrected chi connectivity index (χ1v) is 7.03. The summed E-state index contributed by atoms with van der Waals surface area (Å²) in [5.74, 6) is 0.649. The second-order valence-corrected chi connectivity index (χ2v) is 4.86. The molecule has 2 unspecified atom stereocenters. The van der Waals surface area contributed by atoms with Crippen molar-refractivity contribution in [1.29, 1.82) is 0 Å². The van der Waals surface area contributed by atoms with Crippen LogP contribution in [0.15, 0.2) is 24.3 Å². The van der Waals surface area contributed by atoms with Gasteiger partial charge in [0.1, 0.15) is 24.3 Å². The van der Waals surface area contributed by atoms with Crippen LogP contribution >= 0.6 is 0 Å². The minimum absolute atomic E-state index is 0.162. The predicted octanol–water partition coefficient (Wildman–Crippen LogP) is 1.56. The van der Waals surface area contributed by atoms with Gasteiger partial charge in [-0.15, -0.1) is 0 Å². The molecule has 0 heterocycles. The van der Waals surface area contributed by atoms with Gasteiger partial charge < -0.3 is 20.3 Å². The van der Waals surface area contributed by atoms with Crippen molar-refractivity contribution in [3.63, 3.8) is 0 Å². The molecule has 0 saturated heterocycles. The monoisotopic (exact) mass is 285 g/mol. The third-order valence-corrected chi connectivity index (χ3v) is 3.18. The Bertz CT molecular complexity index is 359. The van der Waals surface area contributed by atoms with E-state index >= 15 is 0 Å². The molecule has 4 nitrogen and oxygen atoms in total. The van der Waals surface area contributed by atoms with Crippen LogP contribution in [0.2, 0.25) is 0 Å². The van der Waals surface area contributed by atoms with Crippen LogP contribution in [0, 0.1) is 11.7 Å². The normalized spacial score (nSPS) is 14.0. The topological polar surface area (TPSA) is 61.7 Å². The Morgan fingerprint density at radius 1 is 1.25 bits per heavy atom. The molecule has 3 N–H and O–H groups in total. The maximum absolute atomic E-state index is 12.7. The molecule has 1 aromatic rings. The highest BCUT2D eigenvalue weighted by Crippen LogP contribution is 2.11. The smallest absolute Gasteiger partial charge is 0.123 e. The lowest BCUT2D eigenvalue weighted by molar-refractivity contribution is 0.105. The maximum Gasteiger partial charge on any atom is 0.123 e. The van der Waals surface area contributed by atoms with Gasteiger partial charge >= 0.3 is 0 Å². The predicted molar refractivity (Wildman–Crippen MR) is 76.3 cm³/mol. The molecular formula is C15H24FNO3. The summed E-state index contributed by atoms with van der Waals surface area (Å²) in [6, 6.07) is 5.70. The highest BCUT2D eigenvalue weighted by molar-refractivity contribution is 5.22. The van der Waals surface area contributed by atoms with E-state index in [0.717, 1.165) is 19.4 Å². The molecular weight excluding hydrogens is 261 g/mol. The summed E-state index contributed by atoms with van der Waals surface area (Å²) in [7, 11) is 0. The van der Waals surface area contributed by atoms with Crippen molar-refractivity contribution in [2.45, 2.75) is 25.9 Å². The van der Waals surface area contributed by atoms with E-state index in [1.54, 1.807) is 0 Å². The molecule has 0 spiro atoms. The second kappa shape index (κ2) is 9.69. The zero-order valence-electron chi connectivity index (χ0n) is 11.9. The second-order valence-electron chi connectivity index (χ2n) is 4.86. The molecule has 0 fully saturated rings. The lowest BCUT2D eigenvalue weighted by Gasteiger charge is -2.17. The lowest BCUT2D eigenvalue weighted by Crippen LogP contribution is -2.34. The summed E-state index contributed by atoms with van der Waals surface area (Å²) in [5, 5.41) is 21.8. The van der Waals surface area contributed by atoms with E-state index < -0.39 is 6.10 Å². The molecule has 0 aliphatic carbocycles. The summed E-state index contributed by atoms with van der Waals surface area (Å²) in [6.45, 7) is 3.63. The Balaban J connectivity index is 2.16. The van der Waals surface area contributed by atoms with Gasteiger partial charge in [-0.25, -0.2) is 4.39 Å². The number of benzene rings is 1. The van der Waals surface area contributed by atoms with E-state index in [4.69, 9.17) is 9.84 Å². The Hall–Kier alpha value is -1.17. The average Bonchev–Trinajstić information content (AvgIpc) is 2.45. The van der Waals surface area contributed by atoms with Gasteiger partial charge in [-0.3, -0.25) is 0 Å². The summed E-state index contributed by atoms with van der Waals surface area (Å²) >= 11 is 0. The molecule has 0 aliphatic heterocycles. The number of hydrogen-bond acceptors (Lipinski definition) is 4. The standard InChI is InChI=1S/C15H24FNO3/c1-2-12(7-8-18)9-17-10-14(19)11-20-15-5-3-13(16)4-6-15/h3-6,12,14,17-19H,2,7-11H2,1H3. The minimum atomic E-state index is -0.619. The Labute approximate surface area is 119 Å². The van der Waals surface area contributed by atoms with E-state index in [-0.39, 0.29) is 19.0 Å². The van der Waals surface area contributed by atoms with Gasteiger partial charge in [-0.05, 0) is 43.1 Å². The molecule has 0 radical (unpaired) electrons. The highest BCUT2D eigenvalue weighted by Gasteiger charge is 2.08. The Kier molecular flexibility index (Phi) is 8.18. The first-order chi connectivity index (χ1) is 9.65. The van der Waals surface area contributed by atoms with Crippen LogP contribution in [0.4, 0.5) is 4.39 Å². The number of hydrogen-bond donors (Lipinski definition) is 3. The van der Waals surface area contributed by atoms with Crippen molar-refractivity contribution >= 4 is 0 Å². The number of nitrogens with one attached hydrogen (secondary N) is 1. The lowest BCUT2D eigenvalue weighted by atomic mass is 10.0. The Morgan fingerprint density at radius 2 is 1.95 bits per heavy atom. The third-order valence-electron chi connectivity index (χ3n) is 3.18. The number of aliphatic hydroxyl groups is 2. The maximum atomic E-state index is 12.7. The van der Waals surface area contributed by atoms with E-state index in [1.165, 1.54) is 24.3 Å². The molecule has 0 saturated carbocycles. The van der Waals surface area contributed by atoms with Crippen molar-refractivity contribution in [2.24, 2.45) is 5.92 Å². The van der Waals surface area contributed by atoms with Gasteiger partial charge in [0, 0.05) is 13.2 Å². The summed E-state index contributed by atoms with van der Waals surface area (Å²) in [6.07, 6.45) is 1.15. The first-order valence-electron chi connectivity index (χ1n) is 7.03. The summed E-state index contributed by atoms with van der Waals surface area (Å²) < 4.78 is 18.0. The van der Waals surface area contributed by atoms with Gasteiger partial charge in [0.25, 0.3) is 0 Å². The van der Waals surface area contributed by atoms with Crippen LogP contribution in [0.3, 0.4) is 0 Å². The summed E-state index contributed by atoms with van der Waals surface area (Å²) in [5.41, 5.74) is 0. The molecule has 1 aromatic carbocycles.